The van der Waals surface area contributed by atoms with E-state index in [1.54, 1.807) is 31.5 Å². The van der Waals surface area contributed by atoms with Gasteiger partial charge < -0.3 is 14.2 Å². The van der Waals surface area contributed by atoms with E-state index in [2.05, 4.69) is 39.4 Å². The van der Waals surface area contributed by atoms with Gasteiger partial charge in [0.15, 0.2) is 17.5 Å². The molecule has 3 atom stereocenters. The quantitative estimate of drug-likeness (QED) is 0.182. The van der Waals surface area contributed by atoms with E-state index in [-0.39, 0.29) is 30.7 Å². The third-order valence-electron chi connectivity index (χ3n) is 7.96. The zero-order valence-corrected chi connectivity index (χ0v) is 29.7. The van der Waals surface area contributed by atoms with Gasteiger partial charge in [-0.05, 0) is 75.7 Å². The fourth-order valence-corrected chi connectivity index (χ4v) is 7.89. The highest BCUT2D eigenvalue weighted by Crippen LogP contribution is 2.43. The number of benzene rings is 2. The van der Waals surface area contributed by atoms with Crippen molar-refractivity contribution in [3.05, 3.63) is 84.0 Å². The standard InChI is InChI=1S/C33H43FN6O5SSi/c1-22(2)45-33(31-35-18-23(3)19-36-31,24(4)46(41,42)37-16-17-47(5,6)7)32-39-38-30-28-10-8-9-11-29(28)44-21-26(40(30)32)20-43-27-14-12-25(34)13-15-27/h8-15,18-19,22,24,26,37H,16-17,20-21H2,1-7H3/t24?,26-,33?/m1/s1. The Morgan fingerprint density at radius 1 is 1.06 bits per heavy atom. The number of aromatic nitrogens is 5. The highest BCUT2D eigenvalue weighted by Gasteiger charge is 2.55. The first-order chi connectivity index (χ1) is 22.2. The van der Waals surface area contributed by atoms with Crippen LogP contribution in [0.25, 0.3) is 11.4 Å². The van der Waals surface area contributed by atoms with Crippen molar-refractivity contribution < 1.29 is 27.0 Å². The van der Waals surface area contributed by atoms with E-state index in [1.807, 2.05) is 49.6 Å². The summed E-state index contributed by atoms with van der Waals surface area (Å²) in [6, 6.07) is 13.4. The van der Waals surface area contributed by atoms with Gasteiger partial charge in [-0.1, -0.05) is 31.8 Å². The fraction of sp³-hybridized carbons (Fsp3) is 0.455. The van der Waals surface area contributed by atoms with Gasteiger partial charge in [-0.3, -0.25) is 4.57 Å². The first kappa shape index (κ1) is 34.6. The van der Waals surface area contributed by atoms with E-state index in [1.165, 1.54) is 12.1 Å². The summed E-state index contributed by atoms with van der Waals surface area (Å²) in [6.45, 7) is 14.2. The molecule has 3 heterocycles. The summed E-state index contributed by atoms with van der Waals surface area (Å²) in [7, 11) is -5.61. The molecule has 14 heteroatoms. The van der Waals surface area contributed by atoms with Crippen molar-refractivity contribution >= 4 is 18.1 Å². The Hall–Kier alpha value is -3.72. The first-order valence-corrected chi connectivity index (χ1v) is 21.0. The van der Waals surface area contributed by atoms with Crippen LogP contribution in [0.1, 0.15) is 44.0 Å². The Morgan fingerprint density at radius 3 is 2.40 bits per heavy atom. The van der Waals surface area contributed by atoms with E-state index >= 15 is 0 Å². The van der Waals surface area contributed by atoms with E-state index in [0.29, 0.717) is 29.4 Å². The molecule has 252 valence electrons. The van der Waals surface area contributed by atoms with Gasteiger partial charge in [-0.2, -0.15) is 0 Å². The van der Waals surface area contributed by atoms with Gasteiger partial charge in [0.05, 0.1) is 11.7 Å². The van der Waals surface area contributed by atoms with Crippen molar-refractivity contribution in [2.75, 3.05) is 19.8 Å². The Kier molecular flexibility index (Phi) is 10.2. The van der Waals surface area contributed by atoms with Gasteiger partial charge in [0.1, 0.15) is 41.8 Å². The lowest BCUT2D eigenvalue weighted by molar-refractivity contribution is -0.0714. The zero-order chi connectivity index (χ0) is 34.0. The molecule has 0 radical (unpaired) electrons. The fourth-order valence-electron chi connectivity index (χ4n) is 5.49. The van der Waals surface area contributed by atoms with Crippen LogP contribution in [-0.2, 0) is 20.4 Å². The molecule has 0 saturated heterocycles. The molecule has 0 fully saturated rings. The molecule has 1 aliphatic heterocycles. The minimum Gasteiger partial charge on any atom is -0.491 e. The largest absolute Gasteiger partial charge is 0.491 e. The van der Waals surface area contributed by atoms with Crippen molar-refractivity contribution in [3.63, 3.8) is 0 Å². The second-order valence-corrected chi connectivity index (χ2v) is 21.0. The molecular weight excluding hydrogens is 640 g/mol. The number of hydrogen-bond acceptors (Lipinski definition) is 9. The molecule has 11 nitrogen and oxygen atoms in total. The highest BCUT2D eigenvalue weighted by molar-refractivity contribution is 7.90. The smallest absolute Gasteiger partial charge is 0.218 e. The Balaban J connectivity index is 1.72. The van der Waals surface area contributed by atoms with Crippen molar-refractivity contribution in [1.82, 2.24) is 29.5 Å². The average Bonchev–Trinajstić information content (AvgIpc) is 3.39. The van der Waals surface area contributed by atoms with E-state index in [9.17, 15) is 12.8 Å². The van der Waals surface area contributed by atoms with Gasteiger partial charge in [0, 0.05) is 27.0 Å². The number of para-hydroxylation sites is 1. The number of hydrogen-bond donors (Lipinski definition) is 1. The zero-order valence-electron chi connectivity index (χ0n) is 27.9. The lowest BCUT2D eigenvalue weighted by Crippen LogP contribution is -2.53. The molecule has 2 aromatic carbocycles. The van der Waals surface area contributed by atoms with Gasteiger partial charge in [0.2, 0.25) is 15.6 Å². The van der Waals surface area contributed by atoms with Crippen LogP contribution < -0.4 is 14.2 Å². The number of aryl methyl sites for hydroxylation is 1. The maximum Gasteiger partial charge on any atom is 0.218 e. The molecule has 0 amide bonds. The number of nitrogens with one attached hydrogen (secondary N) is 1. The van der Waals surface area contributed by atoms with Gasteiger partial charge >= 0.3 is 0 Å². The van der Waals surface area contributed by atoms with Crippen LogP contribution in [0, 0.1) is 12.7 Å². The summed E-state index contributed by atoms with van der Waals surface area (Å²) in [4.78, 5) is 9.31. The predicted octanol–water partition coefficient (Wildman–Crippen LogP) is 5.51. The lowest BCUT2D eigenvalue weighted by Gasteiger charge is -2.38. The van der Waals surface area contributed by atoms with E-state index in [4.69, 9.17) is 19.3 Å². The third-order valence-corrected chi connectivity index (χ3v) is 11.6. The Bertz CT molecular complexity index is 1780. The summed E-state index contributed by atoms with van der Waals surface area (Å²) in [6.07, 6.45) is 2.79. The summed E-state index contributed by atoms with van der Waals surface area (Å²) < 4.78 is 66.0. The second-order valence-electron chi connectivity index (χ2n) is 13.3. The maximum atomic E-state index is 14.3. The number of rotatable bonds is 13. The summed E-state index contributed by atoms with van der Waals surface area (Å²) in [5, 5.41) is 8.07. The van der Waals surface area contributed by atoms with Crippen LogP contribution in [0.3, 0.4) is 0 Å². The Morgan fingerprint density at radius 2 is 1.74 bits per heavy atom. The third kappa shape index (κ3) is 7.56. The van der Waals surface area contributed by atoms with E-state index in [0.717, 1.165) is 11.6 Å². The van der Waals surface area contributed by atoms with Crippen LogP contribution in [0.4, 0.5) is 4.39 Å². The summed E-state index contributed by atoms with van der Waals surface area (Å²) in [5.41, 5.74) is -0.350. The molecule has 0 bridgehead atoms. The molecule has 1 aliphatic rings. The van der Waals surface area contributed by atoms with Crippen LogP contribution in [0.15, 0.2) is 60.9 Å². The average molecular weight is 683 g/mol. The molecule has 5 rings (SSSR count). The highest BCUT2D eigenvalue weighted by atomic mass is 32.2. The minimum atomic E-state index is -4.06. The predicted molar refractivity (Wildman–Crippen MR) is 180 cm³/mol. The van der Waals surface area contributed by atoms with Gasteiger partial charge in [-0.25, -0.2) is 27.5 Å². The van der Waals surface area contributed by atoms with Crippen LogP contribution >= 0.6 is 0 Å². The number of fused-ring (bicyclic) bond motifs is 3. The van der Waals surface area contributed by atoms with Crippen LogP contribution in [0.5, 0.6) is 11.5 Å². The van der Waals surface area contributed by atoms with Crippen LogP contribution in [-0.4, -0.2) is 72.3 Å². The van der Waals surface area contributed by atoms with Crippen LogP contribution in [0.2, 0.25) is 25.7 Å². The monoisotopic (exact) mass is 682 g/mol. The minimum absolute atomic E-state index is 0.0692. The summed E-state index contributed by atoms with van der Waals surface area (Å²) in [5.74, 6) is 1.44. The first-order valence-electron chi connectivity index (χ1n) is 15.7. The van der Waals surface area contributed by atoms with Gasteiger partial charge in [-0.15, -0.1) is 10.2 Å². The van der Waals surface area contributed by atoms with Crippen molar-refractivity contribution in [3.8, 4) is 22.9 Å². The second kappa shape index (κ2) is 13.8. The Labute approximate surface area is 277 Å². The van der Waals surface area contributed by atoms with Crippen molar-refractivity contribution in [1.29, 1.82) is 0 Å². The SMILES string of the molecule is Cc1cnc(C(OC(C)C)(c2nnc3n2[C@H](COc2ccc(F)cc2)COc2ccccc2-3)C(C)S(=O)(=O)NCC[Si](C)(C)C)nc1. The van der Waals surface area contributed by atoms with E-state index < -0.39 is 41.1 Å². The molecule has 0 saturated carbocycles. The van der Waals surface area contributed by atoms with Crippen molar-refractivity contribution in [2.24, 2.45) is 0 Å². The van der Waals surface area contributed by atoms with Crippen molar-refractivity contribution in [2.45, 2.75) is 76.4 Å². The summed E-state index contributed by atoms with van der Waals surface area (Å²) >= 11 is 0. The molecule has 2 aromatic heterocycles. The molecule has 4 aromatic rings. The normalized spacial score (nSPS) is 16.8. The lowest BCUT2D eigenvalue weighted by atomic mass is 9.95. The number of ether oxygens (including phenoxy) is 3. The topological polar surface area (TPSA) is 130 Å². The molecule has 1 N–H and O–H groups in total. The molecule has 0 aliphatic carbocycles. The number of nitrogens with zero attached hydrogens (tertiary/aromatic N) is 5. The number of halogens is 1. The maximum absolute atomic E-state index is 14.3. The molecule has 0 spiro atoms. The molecule has 2 unspecified atom stereocenters. The molecule has 47 heavy (non-hydrogen) atoms. The number of sulfonamides is 1. The molecular formula is C33H43FN6O5SSi. The van der Waals surface area contributed by atoms with Gasteiger partial charge in [0.25, 0.3) is 0 Å².